The van der Waals surface area contributed by atoms with Crippen molar-refractivity contribution in [3.8, 4) is 5.75 Å². The Morgan fingerprint density at radius 2 is 1.02 bits per heavy atom. The van der Waals surface area contributed by atoms with Gasteiger partial charge in [0.1, 0.15) is 60.1 Å². The molecule has 3 rings (SSSR count). The molecule has 0 saturated carbocycles. The largest absolute Gasteiger partial charge is 0.508 e. The molecule has 1 aromatic rings. The summed E-state index contributed by atoms with van der Waals surface area (Å²) in [7, 11) is 0. The van der Waals surface area contributed by atoms with Crippen molar-refractivity contribution >= 4 is 76.8 Å². The first-order valence-corrected chi connectivity index (χ1v) is 30.8. The summed E-state index contributed by atoms with van der Waals surface area (Å²) in [5.74, 6) is -8.50. The van der Waals surface area contributed by atoms with E-state index in [0.29, 0.717) is 62.8 Å². The first kappa shape index (κ1) is 71.7. The summed E-state index contributed by atoms with van der Waals surface area (Å²) in [6.07, 6.45) is 5.18. The lowest BCUT2D eigenvalue weighted by atomic mass is 9.98. The van der Waals surface area contributed by atoms with Crippen molar-refractivity contribution in [1.29, 1.82) is 0 Å². The van der Waals surface area contributed by atoms with Gasteiger partial charge in [-0.15, -0.1) is 0 Å². The number of carboxylic acid groups (broad SMARTS) is 1. The normalized spacial score (nSPS) is 17.9. The minimum absolute atomic E-state index is 0.0175. The van der Waals surface area contributed by atoms with Crippen molar-refractivity contribution in [2.24, 2.45) is 40.7 Å². The minimum atomic E-state index is -1.38. The summed E-state index contributed by atoms with van der Waals surface area (Å²) in [4.78, 5) is 153. The van der Waals surface area contributed by atoms with E-state index in [2.05, 4.69) is 37.2 Å². The number of likely N-dealkylation sites (tertiary alicyclic amines) is 2. The van der Waals surface area contributed by atoms with Crippen LogP contribution in [0.1, 0.15) is 137 Å². The van der Waals surface area contributed by atoms with E-state index in [1.807, 2.05) is 34.0 Å². The van der Waals surface area contributed by atoms with Gasteiger partial charge < -0.3 is 80.2 Å². The van der Waals surface area contributed by atoms with Crippen LogP contribution in [-0.4, -0.2) is 184 Å². The summed E-state index contributed by atoms with van der Waals surface area (Å²) in [5.41, 5.74) is 23.4. The van der Waals surface area contributed by atoms with Gasteiger partial charge in [0, 0.05) is 19.5 Å². The van der Waals surface area contributed by atoms with Crippen LogP contribution in [0.25, 0.3) is 0 Å². The van der Waals surface area contributed by atoms with E-state index in [4.69, 9.17) is 22.9 Å². The van der Waals surface area contributed by atoms with Crippen LogP contribution in [0.2, 0.25) is 0 Å². The van der Waals surface area contributed by atoms with Crippen LogP contribution in [0.4, 0.5) is 0 Å². The van der Waals surface area contributed by atoms with Crippen molar-refractivity contribution in [3.63, 3.8) is 0 Å². The molecule has 17 N–H and O–H groups in total. The van der Waals surface area contributed by atoms with Gasteiger partial charge in [0.05, 0.1) is 12.5 Å². The number of aliphatic carboxylic acids is 1. The molecule has 2 aliphatic rings. The number of thioether (sulfide) groups is 1. The number of amides is 10. The summed E-state index contributed by atoms with van der Waals surface area (Å²) in [6.45, 7) is 11.6. The molecule has 2 saturated heterocycles. The fourth-order valence-corrected chi connectivity index (χ4v) is 10.7. The third kappa shape index (κ3) is 23.5. The molecule has 0 aliphatic carbocycles. The van der Waals surface area contributed by atoms with E-state index < -0.39 is 138 Å². The molecule has 1 aromatic carbocycles. The molecule has 2 heterocycles. The van der Waals surface area contributed by atoms with Gasteiger partial charge in [-0.05, 0) is 144 Å². The lowest BCUT2D eigenvalue weighted by Gasteiger charge is -2.32. The maximum Gasteiger partial charge on any atom is 0.326 e. The Kier molecular flexibility index (Phi) is 31.0. The van der Waals surface area contributed by atoms with E-state index in [1.54, 1.807) is 13.8 Å². The number of carboxylic acids is 1. The molecule has 472 valence electrons. The first-order valence-electron chi connectivity index (χ1n) is 29.4. The van der Waals surface area contributed by atoms with Crippen molar-refractivity contribution in [3.05, 3.63) is 29.8 Å². The van der Waals surface area contributed by atoms with Crippen LogP contribution in [0, 0.1) is 17.8 Å². The number of primary amides is 1. The van der Waals surface area contributed by atoms with Crippen molar-refractivity contribution < 1.29 is 63.0 Å². The van der Waals surface area contributed by atoms with Crippen molar-refractivity contribution in [2.45, 2.75) is 198 Å². The quantitative estimate of drug-likeness (QED) is 0.0369. The number of aromatic hydroxyl groups is 1. The van der Waals surface area contributed by atoms with Crippen molar-refractivity contribution in [2.75, 3.05) is 38.2 Å². The second kappa shape index (κ2) is 36.3. The number of nitrogens with zero attached hydrogens (tertiary/aromatic N) is 2. The predicted octanol–water partition coefficient (Wildman–Crippen LogP) is -0.643. The number of nitrogens with two attached hydrogens (primary N) is 4. The van der Waals surface area contributed by atoms with Crippen LogP contribution in [0.15, 0.2) is 24.3 Å². The molecular formula is C57H95N13O13S. The molecule has 2 aliphatic heterocycles. The Hall–Kier alpha value is -6.58. The predicted molar refractivity (Wildman–Crippen MR) is 317 cm³/mol. The molecule has 0 aromatic heterocycles. The molecule has 26 nitrogen and oxygen atoms in total. The van der Waals surface area contributed by atoms with Crippen LogP contribution in [-0.2, 0) is 59.2 Å². The number of carbonyl (C=O) groups excluding carboxylic acids is 10. The number of unbranched alkanes of at least 4 members (excludes halogenated alkanes) is 2. The molecule has 10 amide bonds. The Labute approximate surface area is 497 Å². The number of phenolic OH excluding ortho intramolecular Hbond substituents is 1. The first-order chi connectivity index (χ1) is 39.7. The molecule has 2 fully saturated rings. The molecule has 0 unspecified atom stereocenters. The van der Waals surface area contributed by atoms with Gasteiger partial charge in [-0.3, -0.25) is 47.9 Å². The van der Waals surface area contributed by atoms with E-state index in [0.717, 1.165) is 0 Å². The fourth-order valence-electron chi connectivity index (χ4n) is 10.2. The summed E-state index contributed by atoms with van der Waals surface area (Å²) >= 11 is 1.45. The highest BCUT2D eigenvalue weighted by atomic mass is 32.2. The molecular weight excluding hydrogens is 1110 g/mol. The van der Waals surface area contributed by atoms with E-state index in [1.165, 1.54) is 45.8 Å². The number of rotatable bonds is 37. The van der Waals surface area contributed by atoms with Crippen LogP contribution >= 0.6 is 11.8 Å². The highest BCUT2D eigenvalue weighted by molar-refractivity contribution is 7.98. The second-order valence-electron chi connectivity index (χ2n) is 23.1. The van der Waals surface area contributed by atoms with Crippen LogP contribution in [0.3, 0.4) is 0 Å². The average Bonchev–Trinajstić information content (AvgIpc) is 4.13. The maximum atomic E-state index is 14.4. The number of hydrogen-bond donors (Lipinski definition) is 13. The topological polar surface area (TPSA) is 423 Å². The molecule has 0 radical (unpaired) electrons. The lowest BCUT2D eigenvalue weighted by molar-refractivity contribution is -0.144. The zero-order chi connectivity index (χ0) is 62.8. The average molecular weight is 1200 g/mol. The number of phenols is 1. The van der Waals surface area contributed by atoms with E-state index in [9.17, 15) is 63.0 Å². The Morgan fingerprint density at radius 1 is 0.583 bits per heavy atom. The highest BCUT2D eigenvalue weighted by Crippen LogP contribution is 2.24. The summed E-state index contributed by atoms with van der Waals surface area (Å²) in [6, 6.07) is -5.94. The van der Waals surface area contributed by atoms with Gasteiger partial charge in [-0.25, -0.2) is 4.79 Å². The van der Waals surface area contributed by atoms with E-state index >= 15 is 0 Å². The standard InChI is InChI=1S/C57H95N13O13S/c1-32(2)28-41(50(75)62-39(15-9-11-24-59)49(74)68-47(34(5)6)54(79)66-42(29-33(3)4)51(76)67-43(57(82)83)30-35-18-20-36(71)21-19-35)65-48(73)38(14-8-10-23-58)63-52(77)45-17-13-26-70(45)56(81)40(22-27-84-7)64-53(78)44-16-12-25-69(44)55(80)37(60)31-46(61)72/h18-21,32-34,37-45,47,71H,8-17,22-31,58-60H2,1-7H3,(H2,61,72)(H,62,75)(H,63,77)(H,64,78)(H,65,73)(H,66,79)(H,67,76)(H,68,74)(H,82,83)/t37-,38-,39-,40-,41-,42-,43-,44-,45-,47-/m0/s1. The molecule has 0 bridgehead atoms. The number of hydrogen-bond acceptors (Lipinski definition) is 16. The van der Waals surface area contributed by atoms with E-state index in [-0.39, 0.29) is 82.2 Å². The minimum Gasteiger partial charge on any atom is -0.508 e. The molecule has 84 heavy (non-hydrogen) atoms. The number of carbonyl (C=O) groups is 11. The van der Waals surface area contributed by atoms with Crippen LogP contribution < -0.4 is 60.2 Å². The third-order valence-corrected chi connectivity index (χ3v) is 15.4. The number of benzene rings is 1. The third-order valence-electron chi connectivity index (χ3n) is 14.7. The smallest absolute Gasteiger partial charge is 0.326 e. The van der Waals surface area contributed by atoms with Gasteiger partial charge >= 0.3 is 5.97 Å². The van der Waals surface area contributed by atoms with Crippen molar-refractivity contribution in [1.82, 2.24) is 47.0 Å². The lowest BCUT2D eigenvalue weighted by Crippen LogP contribution is -2.61. The molecule has 0 spiro atoms. The SMILES string of the molecule is CSCC[C@H](NC(=O)[C@@H]1CCCN1C(=O)[C@@H](N)CC(N)=O)C(=O)N1CCC[C@H]1C(=O)N[C@@H](CCCCN)C(=O)N[C@@H](CC(C)C)C(=O)N[C@@H](CCCCN)C(=O)N[C@H](C(=O)N[C@@H](CC(C)C)C(=O)N[C@@H](Cc1ccc(O)cc1)C(=O)O)C(C)C. The maximum absolute atomic E-state index is 14.4. The highest BCUT2D eigenvalue weighted by Gasteiger charge is 2.42. The van der Waals surface area contributed by atoms with Gasteiger partial charge in [-0.2, -0.15) is 11.8 Å². The zero-order valence-electron chi connectivity index (χ0n) is 50.0. The summed E-state index contributed by atoms with van der Waals surface area (Å²) in [5, 5.41) is 38.9. The second-order valence-corrected chi connectivity index (χ2v) is 24.1. The Morgan fingerprint density at radius 3 is 1.49 bits per heavy atom. The fraction of sp³-hybridized carbons (Fsp3) is 0.702. The van der Waals surface area contributed by atoms with Gasteiger partial charge in [-0.1, -0.05) is 53.7 Å². The van der Waals surface area contributed by atoms with Gasteiger partial charge in [0.25, 0.3) is 0 Å². The number of nitrogens with one attached hydrogen (secondary N) is 7. The zero-order valence-corrected chi connectivity index (χ0v) is 50.8. The summed E-state index contributed by atoms with van der Waals surface area (Å²) < 4.78 is 0. The molecule has 27 heteroatoms. The Bertz CT molecular complexity index is 2380. The van der Waals surface area contributed by atoms with Gasteiger partial charge in [0.2, 0.25) is 59.1 Å². The Balaban J connectivity index is 1.83. The molecule has 10 atom stereocenters. The van der Waals surface area contributed by atoms with Crippen LogP contribution in [0.5, 0.6) is 5.75 Å². The van der Waals surface area contributed by atoms with Gasteiger partial charge in [0.15, 0.2) is 0 Å². The monoisotopic (exact) mass is 1200 g/mol.